The van der Waals surface area contributed by atoms with Crippen molar-refractivity contribution >= 4 is 21.6 Å². The van der Waals surface area contributed by atoms with Crippen LogP contribution >= 0.6 is 15.9 Å². The predicted molar refractivity (Wildman–Crippen MR) is 87.8 cm³/mol. The lowest BCUT2D eigenvalue weighted by Gasteiger charge is -2.15. The van der Waals surface area contributed by atoms with Crippen LogP contribution in [0.1, 0.15) is 44.4 Å². The van der Waals surface area contributed by atoms with E-state index >= 15 is 0 Å². The van der Waals surface area contributed by atoms with Gasteiger partial charge in [-0.3, -0.25) is 0 Å². The number of nitrogens with one attached hydrogen (secondary N) is 1. The van der Waals surface area contributed by atoms with Gasteiger partial charge in [-0.2, -0.15) is 0 Å². The highest BCUT2D eigenvalue weighted by molar-refractivity contribution is 9.10. The van der Waals surface area contributed by atoms with E-state index in [1.807, 2.05) is 24.3 Å². The molecule has 0 aliphatic heterocycles. The Morgan fingerprint density at radius 2 is 1.86 bits per heavy atom. The Labute approximate surface area is 133 Å². The summed E-state index contributed by atoms with van der Waals surface area (Å²) in [4.78, 5) is 0. The Hall–Kier alpha value is -1.42. The zero-order valence-electron chi connectivity index (χ0n) is 12.1. The lowest BCUT2D eigenvalue weighted by molar-refractivity contribution is 0.210. The fourth-order valence-corrected chi connectivity index (χ4v) is 3.03. The van der Waals surface area contributed by atoms with Crippen LogP contribution in [0.4, 0.5) is 5.69 Å². The summed E-state index contributed by atoms with van der Waals surface area (Å²) >= 11 is 3.33. The number of anilines is 1. The van der Waals surface area contributed by atoms with Crippen molar-refractivity contribution in [3.05, 3.63) is 46.8 Å². The van der Waals surface area contributed by atoms with Crippen LogP contribution in [0.3, 0.4) is 0 Å². The molecule has 0 radical (unpaired) electrons. The summed E-state index contributed by atoms with van der Waals surface area (Å²) in [6, 6.07) is 12.2. The van der Waals surface area contributed by atoms with E-state index in [0.29, 0.717) is 6.10 Å². The topological polar surface area (TPSA) is 34.4 Å². The number of furan rings is 1. The summed E-state index contributed by atoms with van der Waals surface area (Å²) in [6.45, 7) is 2.08. The minimum absolute atomic E-state index is 0.123. The molecule has 3 nitrogen and oxygen atoms in total. The van der Waals surface area contributed by atoms with Crippen molar-refractivity contribution in [1.82, 2.24) is 0 Å². The molecule has 112 valence electrons. The van der Waals surface area contributed by atoms with Gasteiger partial charge in [-0.1, -0.05) is 0 Å². The number of benzene rings is 1. The maximum atomic E-state index is 5.97. The Balaban J connectivity index is 1.58. The Morgan fingerprint density at radius 3 is 2.48 bits per heavy atom. The summed E-state index contributed by atoms with van der Waals surface area (Å²) in [5.41, 5.74) is 1.06. The molecule has 0 amide bonds. The molecule has 2 aromatic rings. The number of rotatable bonds is 5. The third-order valence-electron chi connectivity index (χ3n) is 3.86. The first-order valence-electron chi connectivity index (χ1n) is 7.49. The average Bonchev–Trinajstić information content (AvgIpc) is 3.12. The monoisotopic (exact) mass is 349 g/mol. The SMILES string of the molecule is CC(Nc1ccc(OC2CCCC2)cc1)c1ccc(Br)o1. The van der Waals surface area contributed by atoms with Gasteiger partial charge in [-0.05, 0) is 84.9 Å². The van der Waals surface area contributed by atoms with Crippen molar-refractivity contribution in [2.24, 2.45) is 0 Å². The first-order chi connectivity index (χ1) is 10.2. The second-order valence-corrected chi connectivity index (χ2v) is 6.34. The summed E-state index contributed by atoms with van der Waals surface area (Å²) in [5, 5.41) is 3.42. The van der Waals surface area contributed by atoms with E-state index in [0.717, 1.165) is 21.9 Å². The average molecular weight is 350 g/mol. The molecule has 4 heteroatoms. The van der Waals surface area contributed by atoms with Gasteiger partial charge >= 0.3 is 0 Å². The van der Waals surface area contributed by atoms with Gasteiger partial charge in [0.15, 0.2) is 4.67 Å². The van der Waals surface area contributed by atoms with Crippen LogP contribution in [-0.2, 0) is 0 Å². The van der Waals surface area contributed by atoms with Crippen LogP contribution in [0, 0.1) is 0 Å². The molecule has 1 atom stereocenters. The van der Waals surface area contributed by atoms with Crippen LogP contribution in [0.15, 0.2) is 45.5 Å². The van der Waals surface area contributed by atoms with Crippen molar-refractivity contribution in [1.29, 1.82) is 0 Å². The minimum Gasteiger partial charge on any atom is -0.490 e. The molecule has 0 bridgehead atoms. The summed E-state index contributed by atoms with van der Waals surface area (Å²) < 4.78 is 12.3. The smallest absolute Gasteiger partial charge is 0.169 e. The van der Waals surface area contributed by atoms with Gasteiger partial charge in [0.25, 0.3) is 0 Å². The van der Waals surface area contributed by atoms with Gasteiger partial charge in [0.05, 0.1) is 12.1 Å². The second kappa shape index (κ2) is 6.56. The highest BCUT2D eigenvalue weighted by Crippen LogP contribution is 2.27. The van der Waals surface area contributed by atoms with E-state index in [1.54, 1.807) is 0 Å². The third kappa shape index (κ3) is 3.82. The van der Waals surface area contributed by atoms with Gasteiger partial charge in [-0.25, -0.2) is 0 Å². The molecule has 1 aliphatic rings. The molecular formula is C17H20BrNO2. The number of hydrogen-bond donors (Lipinski definition) is 1. The van der Waals surface area contributed by atoms with Crippen LogP contribution in [0.2, 0.25) is 0 Å². The summed E-state index contributed by atoms with van der Waals surface area (Å²) in [6.07, 6.45) is 5.36. The standard InChI is InChI=1S/C17H20BrNO2/c1-12(16-10-11-17(18)21-16)19-13-6-8-15(9-7-13)20-14-4-2-3-5-14/h6-12,14,19H,2-5H2,1H3. The van der Waals surface area contributed by atoms with E-state index in [2.05, 4.69) is 40.3 Å². The van der Waals surface area contributed by atoms with E-state index in [4.69, 9.17) is 9.15 Å². The Bertz CT molecular complexity index is 573. The summed E-state index contributed by atoms with van der Waals surface area (Å²) in [7, 11) is 0. The maximum Gasteiger partial charge on any atom is 0.169 e. The van der Waals surface area contributed by atoms with Crippen LogP contribution in [0.5, 0.6) is 5.75 Å². The van der Waals surface area contributed by atoms with Crippen molar-refractivity contribution < 1.29 is 9.15 Å². The van der Waals surface area contributed by atoms with Gasteiger partial charge in [0, 0.05) is 5.69 Å². The molecule has 1 aromatic heterocycles. The van der Waals surface area contributed by atoms with Crippen molar-refractivity contribution in [3.8, 4) is 5.75 Å². The summed E-state index contributed by atoms with van der Waals surface area (Å²) in [5.74, 6) is 1.87. The molecule has 3 rings (SSSR count). The molecule has 0 spiro atoms. The number of halogens is 1. The Kier molecular flexibility index (Phi) is 4.54. The Morgan fingerprint density at radius 1 is 1.14 bits per heavy atom. The number of ether oxygens (including phenoxy) is 1. The second-order valence-electron chi connectivity index (χ2n) is 5.56. The molecule has 1 aromatic carbocycles. The van der Waals surface area contributed by atoms with Gasteiger partial charge in [0.2, 0.25) is 0 Å². The quantitative estimate of drug-likeness (QED) is 0.769. The highest BCUT2D eigenvalue weighted by atomic mass is 79.9. The predicted octanol–water partition coefficient (Wildman–Crippen LogP) is 5.54. The van der Waals surface area contributed by atoms with Gasteiger partial charge in [-0.15, -0.1) is 0 Å². The normalized spacial score (nSPS) is 16.9. The van der Waals surface area contributed by atoms with Crippen LogP contribution in [-0.4, -0.2) is 6.10 Å². The maximum absolute atomic E-state index is 5.97. The first kappa shape index (κ1) is 14.5. The van der Waals surface area contributed by atoms with E-state index < -0.39 is 0 Å². The first-order valence-corrected chi connectivity index (χ1v) is 8.28. The lowest BCUT2D eigenvalue weighted by atomic mass is 10.2. The highest BCUT2D eigenvalue weighted by Gasteiger charge is 2.16. The van der Waals surface area contributed by atoms with Crippen LogP contribution in [0.25, 0.3) is 0 Å². The molecule has 1 aliphatic carbocycles. The van der Waals surface area contributed by atoms with E-state index in [1.165, 1.54) is 25.7 Å². The van der Waals surface area contributed by atoms with Crippen molar-refractivity contribution in [2.45, 2.75) is 44.8 Å². The zero-order valence-corrected chi connectivity index (χ0v) is 13.7. The van der Waals surface area contributed by atoms with Gasteiger partial charge in [0.1, 0.15) is 11.5 Å². The van der Waals surface area contributed by atoms with Crippen molar-refractivity contribution in [3.63, 3.8) is 0 Å². The van der Waals surface area contributed by atoms with E-state index in [9.17, 15) is 0 Å². The lowest BCUT2D eigenvalue weighted by Crippen LogP contribution is -2.11. The molecule has 1 saturated carbocycles. The minimum atomic E-state index is 0.123. The van der Waals surface area contributed by atoms with E-state index in [-0.39, 0.29) is 6.04 Å². The zero-order chi connectivity index (χ0) is 14.7. The molecule has 1 fully saturated rings. The fraction of sp³-hybridized carbons (Fsp3) is 0.412. The van der Waals surface area contributed by atoms with Crippen LogP contribution < -0.4 is 10.1 Å². The number of hydrogen-bond acceptors (Lipinski definition) is 3. The third-order valence-corrected chi connectivity index (χ3v) is 4.29. The largest absolute Gasteiger partial charge is 0.490 e. The molecule has 0 saturated heterocycles. The van der Waals surface area contributed by atoms with Crippen molar-refractivity contribution in [2.75, 3.05) is 5.32 Å². The molecule has 1 heterocycles. The van der Waals surface area contributed by atoms with Gasteiger partial charge < -0.3 is 14.5 Å². The fourth-order valence-electron chi connectivity index (χ4n) is 2.71. The molecular weight excluding hydrogens is 330 g/mol. The molecule has 1 N–H and O–H groups in total. The molecule has 1 unspecified atom stereocenters. The molecule has 21 heavy (non-hydrogen) atoms.